The van der Waals surface area contributed by atoms with E-state index in [1.54, 1.807) is 0 Å². The first kappa shape index (κ1) is 9.24. The van der Waals surface area contributed by atoms with E-state index < -0.39 is 5.97 Å². The van der Waals surface area contributed by atoms with E-state index in [9.17, 15) is 4.79 Å². The SMILES string of the molecule is CCc1nc2c([nH]1)CCC2CC(=O)O. The van der Waals surface area contributed by atoms with Crippen LogP contribution in [-0.4, -0.2) is 21.0 Å². The lowest BCUT2D eigenvalue weighted by molar-refractivity contribution is -0.137. The summed E-state index contributed by atoms with van der Waals surface area (Å²) in [6.07, 6.45) is 2.96. The Hall–Kier alpha value is -1.32. The van der Waals surface area contributed by atoms with Crippen molar-refractivity contribution in [2.45, 2.75) is 38.5 Å². The van der Waals surface area contributed by atoms with Crippen molar-refractivity contribution < 1.29 is 9.90 Å². The monoisotopic (exact) mass is 194 g/mol. The van der Waals surface area contributed by atoms with Crippen LogP contribution >= 0.6 is 0 Å². The van der Waals surface area contributed by atoms with Crippen molar-refractivity contribution in [2.24, 2.45) is 0 Å². The molecule has 1 aromatic heterocycles. The smallest absolute Gasteiger partial charge is 0.304 e. The number of H-pyrrole nitrogens is 1. The van der Waals surface area contributed by atoms with Gasteiger partial charge in [0, 0.05) is 18.0 Å². The predicted octanol–water partition coefficient (Wildman–Crippen LogP) is 1.48. The summed E-state index contributed by atoms with van der Waals surface area (Å²) in [4.78, 5) is 18.3. The van der Waals surface area contributed by atoms with Crippen molar-refractivity contribution in [1.82, 2.24) is 9.97 Å². The van der Waals surface area contributed by atoms with E-state index in [-0.39, 0.29) is 12.3 Å². The number of carboxylic acid groups (broad SMARTS) is 1. The van der Waals surface area contributed by atoms with Gasteiger partial charge in [0.2, 0.25) is 0 Å². The van der Waals surface area contributed by atoms with Gasteiger partial charge in [-0.05, 0) is 12.8 Å². The molecule has 1 atom stereocenters. The molecule has 0 aromatic carbocycles. The van der Waals surface area contributed by atoms with Crippen LogP contribution in [-0.2, 0) is 17.6 Å². The van der Waals surface area contributed by atoms with Crippen LogP contribution in [0.4, 0.5) is 0 Å². The van der Waals surface area contributed by atoms with Crippen molar-refractivity contribution >= 4 is 5.97 Å². The Morgan fingerprint density at radius 3 is 3.14 bits per heavy atom. The highest BCUT2D eigenvalue weighted by Gasteiger charge is 2.27. The summed E-state index contributed by atoms with van der Waals surface area (Å²) in [5.41, 5.74) is 2.14. The number of rotatable bonds is 3. The summed E-state index contributed by atoms with van der Waals surface area (Å²) in [5.74, 6) is 0.369. The molecule has 0 bridgehead atoms. The number of carboxylic acids is 1. The first-order valence-corrected chi connectivity index (χ1v) is 5.00. The van der Waals surface area contributed by atoms with Crippen molar-refractivity contribution in [3.8, 4) is 0 Å². The van der Waals surface area contributed by atoms with Crippen LogP contribution in [0.1, 0.15) is 42.9 Å². The van der Waals surface area contributed by atoms with Gasteiger partial charge in [-0.2, -0.15) is 0 Å². The highest BCUT2D eigenvalue weighted by Crippen LogP contribution is 2.33. The molecule has 0 saturated heterocycles. The van der Waals surface area contributed by atoms with Crippen LogP contribution in [0.2, 0.25) is 0 Å². The van der Waals surface area contributed by atoms with E-state index in [1.807, 2.05) is 6.92 Å². The molecule has 1 aliphatic carbocycles. The Morgan fingerprint density at radius 2 is 2.50 bits per heavy atom. The van der Waals surface area contributed by atoms with Gasteiger partial charge in [0.05, 0.1) is 12.1 Å². The van der Waals surface area contributed by atoms with Crippen molar-refractivity contribution in [3.63, 3.8) is 0 Å². The summed E-state index contributed by atoms with van der Waals surface area (Å²) in [7, 11) is 0. The quantitative estimate of drug-likeness (QED) is 0.765. The summed E-state index contributed by atoms with van der Waals surface area (Å²) < 4.78 is 0. The highest BCUT2D eigenvalue weighted by molar-refractivity contribution is 5.68. The fourth-order valence-corrected chi connectivity index (χ4v) is 2.04. The van der Waals surface area contributed by atoms with Gasteiger partial charge < -0.3 is 10.1 Å². The average molecular weight is 194 g/mol. The van der Waals surface area contributed by atoms with Crippen LogP contribution in [0.15, 0.2) is 0 Å². The molecule has 4 heteroatoms. The molecule has 1 heterocycles. The second-order valence-electron chi connectivity index (χ2n) is 3.73. The third kappa shape index (κ3) is 1.52. The van der Waals surface area contributed by atoms with Gasteiger partial charge in [-0.1, -0.05) is 6.92 Å². The summed E-state index contributed by atoms with van der Waals surface area (Å²) in [5, 5.41) is 8.73. The Balaban J connectivity index is 2.20. The summed E-state index contributed by atoms with van der Waals surface area (Å²) >= 11 is 0. The lowest BCUT2D eigenvalue weighted by atomic mass is 10.0. The van der Waals surface area contributed by atoms with E-state index in [1.165, 1.54) is 0 Å². The Morgan fingerprint density at radius 1 is 1.71 bits per heavy atom. The lowest BCUT2D eigenvalue weighted by Gasteiger charge is -2.03. The summed E-state index contributed by atoms with van der Waals surface area (Å²) in [6, 6.07) is 0. The van der Waals surface area contributed by atoms with Crippen LogP contribution in [0.25, 0.3) is 0 Å². The largest absolute Gasteiger partial charge is 0.481 e. The number of aromatic nitrogens is 2. The zero-order valence-corrected chi connectivity index (χ0v) is 8.21. The molecule has 4 nitrogen and oxygen atoms in total. The number of fused-ring (bicyclic) bond motifs is 1. The molecule has 0 saturated carbocycles. The average Bonchev–Trinajstić information content (AvgIpc) is 2.66. The molecule has 1 aliphatic rings. The Labute approximate surface area is 82.4 Å². The molecule has 0 aliphatic heterocycles. The molecule has 1 aromatic rings. The molecule has 0 amide bonds. The van der Waals surface area contributed by atoms with Gasteiger partial charge >= 0.3 is 5.97 Å². The number of aryl methyl sites for hydroxylation is 2. The molecule has 2 rings (SSSR count). The summed E-state index contributed by atoms with van der Waals surface area (Å²) in [6.45, 7) is 2.04. The molecule has 1 unspecified atom stereocenters. The molecule has 0 radical (unpaired) electrons. The number of aliphatic carboxylic acids is 1. The van der Waals surface area contributed by atoms with Crippen LogP contribution in [0.5, 0.6) is 0 Å². The fraction of sp³-hybridized carbons (Fsp3) is 0.600. The number of imidazole rings is 1. The van der Waals surface area contributed by atoms with Crippen molar-refractivity contribution in [1.29, 1.82) is 0 Å². The zero-order valence-electron chi connectivity index (χ0n) is 8.21. The maximum absolute atomic E-state index is 10.6. The van der Waals surface area contributed by atoms with Gasteiger partial charge in [0.15, 0.2) is 0 Å². The number of nitrogens with zero attached hydrogens (tertiary/aromatic N) is 1. The van der Waals surface area contributed by atoms with E-state index in [0.29, 0.717) is 0 Å². The van der Waals surface area contributed by atoms with Gasteiger partial charge in [-0.25, -0.2) is 4.98 Å². The number of hydrogen-bond acceptors (Lipinski definition) is 2. The van der Waals surface area contributed by atoms with Gasteiger partial charge in [-0.15, -0.1) is 0 Å². The number of carbonyl (C=O) groups is 1. The first-order valence-electron chi connectivity index (χ1n) is 5.00. The fourth-order valence-electron chi connectivity index (χ4n) is 2.04. The maximum Gasteiger partial charge on any atom is 0.304 e. The highest BCUT2D eigenvalue weighted by atomic mass is 16.4. The Kier molecular flexibility index (Phi) is 2.27. The number of nitrogens with one attached hydrogen (secondary N) is 1. The van der Waals surface area contributed by atoms with Crippen LogP contribution in [0, 0.1) is 0 Å². The molecule has 76 valence electrons. The van der Waals surface area contributed by atoms with Gasteiger partial charge in [0.1, 0.15) is 5.82 Å². The Bertz CT molecular complexity index is 357. The molecule has 0 fully saturated rings. The number of hydrogen-bond donors (Lipinski definition) is 2. The van der Waals surface area contributed by atoms with Gasteiger partial charge in [-0.3, -0.25) is 4.79 Å². The number of aromatic amines is 1. The first-order chi connectivity index (χ1) is 6.70. The van der Waals surface area contributed by atoms with E-state index in [0.717, 1.165) is 36.5 Å². The molecule has 0 spiro atoms. The van der Waals surface area contributed by atoms with Crippen LogP contribution in [0.3, 0.4) is 0 Å². The van der Waals surface area contributed by atoms with E-state index >= 15 is 0 Å². The third-order valence-electron chi connectivity index (χ3n) is 2.75. The predicted molar refractivity (Wildman–Crippen MR) is 51.3 cm³/mol. The minimum atomic E-state index is -0.733. The molecular formula is C10H14N2O2. The maximum atomic E-state index is 10.6. The topological polar surface area (TPSA) is 66.0 Å². The standard InChI is InChI=1S/C10H14N2O2/c1-2-8-11-7-4-3-6(5-9(13)14)10(7)12-8/h6H,2-5H2,1H3,(H,11,12)(H,13,14). The van der Waals surface area contributed by atoms with Crippen molar-refractivity contribution in [2.75, 3.05) is 0 Å². The molecule has 14 heavy (non-hydrogen) atoms. The second-order valence-corrected chi connectivity index (χ2v) is 3.73. The van der Waals surface area contributed by atoms with Gasteiger partial charge in [0.25, 0.3) is 0 Å². The minimum Gasteiger partial charge on any atom is -0.481 e. The van der Waals surface area contributed by atoms with E-state index in [2.05, 4.69) is 9.97 Å². The third-order valence-corrected chi connectivity index (χ3v) is 2.75. The normalized spacial score (nSPS) is 19.6. The van der Waals surface area contributed by atoms with Crippen molar-refractivity contribution in [3.05, 3.63) is 17.2 Å². The van der Waals surface area contributed by atoms with E-state index in [4.69, 9.17) is 5.11 Å². The zero-order chi connectivity index (χ0) is 10.1. The lowest BCUT2D eigenvalue weighted by Crippen LogP contribution is -2.04. The molecular weight excluding hydrogens is 180 g/mol. The second kappa shape index (κ2) is 3.44. The minimum absolute atomic E-state index is 0.124. The molecule has 2 N–H and O–H groups in total. The van der Waals surface area contributed by atoms with Crippen LogP contribution < -0.4 is 0 Å².